The maximum absolute atomic E-state index is 12.6. The van der Waals surface area contributed by atoms with Gasteiger partial charge in [-0.1, -0.05) is 27.7 Å². The monoisotopic (exact) mass is 367 g/mol. The number of urea groups is 1. The molecule has 150 valence electrons. The lowest BCUT2D eigenvalue weighted by Gasteiger charge is -2.44. The molecule has 0 aromatic rings. The molecule has 0 spiro atoms. The maximum Gasteiger partial charge on any atom is 0.317 e. The Balaban J connectivity index is 1.73. The Morgan fingerprint density at radius 1 is 1.08 bits per heavy atom. The highest BCUT2D eigenvalue weighted by atomic mass is 16.4. The van der Waals surface area contributed by atoms with E-state index in [9.17, 15) is 9.59 Å². The number of carboxylic acids is 1. The molecule has 2 rings (SSSR count). The Hall–Kier alpha value is -1.30. The van der Waals surface area contributed by atoms with Gasteiger partial charge < -0.3 is 15.3 Å². The zero-order valence-corrected chi connectivity index (χ0v) is 17.1. The van der Waals surface area contributed by atoms with Gasteiger partial charge in [0.1, 0.15) is 0 Å². The molecule has 0 radical (unpaired) electrons. The molecule has 0 bridgehead atoms. The van der Waals surface area contributed by atoms with E-state index in [0.717, 1.165) is 38.1 Å². The van der Waals surface area contributed by atoms with Gasteiger partial charge in [-0.2, -0.15) is 0 Å². The third-order valence-corrected chi connectivity index (χ3v) is 6.49. The average molecular weight is 368 g/mol. The van der Waals surface area contributed by atoms with Crippen molar-refractivity contribution in [3.63, 3.8) is 0 Å². The van der Waals surface area contributed by atoms with Crippen LogP contribution in [-0.2, 0) is 4.79 Å². The summed E-state index contributed by atoms with van der Waals surface area (Å²) in [6, 6.07) is 0.801. The molecule has 0 aromatic heterocycles. The number of aliphatic carboxylic acids is 1. The first-order valence-corrected chi connectivity index (χ1v) is 10.1. The molecule has 0 heterocycles. The Morgan fingerprint density at radius 2 is 1.65 bits per heavy atom. The minimum atomic E-state index is -0.787. The van der Waals surface area contributed by atoms with Crippen LogP contribution in [0.15, 0.2) is 0 Å². The zero-order chi connectivity index (χ0) is 19.5. The number of carboxylic acid groups (broad SMARTS) is 1. The third-order valence-electron chi connectivity index (χ3n) is 6.49. The van der Waals surface area contributed by atoms with Crippen LogP contribution in [0.5, 0.6) is 0 Å². The molecule has 2 saturated carbocycles. The van der Waals surface area contributed by atoms with E-state index in [1.165, 1.54) is 12.8 Å². The molecule has 0 saturated heterocycles. The summed E-state index contributed by atoms with van der Waals surface area (Å²) >= 11 is 0. The Labute approximate surface area is 158 Å². The van der Waals surface area contributed by atoms with Gasteiger partial charge in [0, 0.05) is 25.2 Å². The third kappa shape index (κ3) is 5.35. The van der Waals surface area contributed by atoms with Crippen LogP contribution in [0.4, 0.5) is 4.79 Å². The van der Waals surface area contributed by atoms with Crippen molar-refractivity contribution in [3.05, 3.63) is 0 Å². The molecule has 6 nitrogen and oxygen atoms in total. The van der Waals surface area contributed by atoms with E-state index in [2.05, 4.69) is 26.1 Å². The summed E-state index contributed by atoms with van der Waals surface area (Å²) in [5.41, 5.74) is 0.355. The number of carbonyl (C=O) groups excluding carboxylic acids is 1. The topological polar surface area (TPSA) is 72.9 Å². The van der Waals surface area contributed by atoms with Gasteiger partial charge in [-0.15, -0.1) is 0 Å². The number of rotatable bonds is 6. The largest absolute Gasteiger partial charge is 0.480 e. The summed E-state index contributed by atoms with van der Waals surface area (Å²) in [6.07, 6.45) is 6.24. The van der Waals surface area contributed by atoms with Gasteiger partial charge in [-0.3, -0.25) is 9.69 Å². The van der Waals surface area contributed by atoms with Crippen LogP contribution in [0.1, 0.15) is 66.2 Å². The summed E-state index contributed by atoms with van der Waals surface area (Å²) in [5.74, 6) is -0.0400. The molecule has 26 heavy (non-hydrogen) atoms. The van der Waals surface area contributed by atoms with E-state index in [0.29, 0.717) is 11.5 Å². The van der Waals surface area contributed by atoms with Crippen LogP contribution in [0.2, 0.25) is 0 Å². The van der Waals surface area contributed by atoms with Crippen LogP contribution < -0.4 is 5.32 Å². The molecule has 0 atom stereocenters. The molecule has 2 aliphatic rings. The highest BCUT2D eigenvalue weighted by Crippen LogP contribution is 2.38. The summed E-state index contributed by atoms with van der Waals surface area (Å²) in [5, 5.41) is 12.1. The van der Waals surface area contributed by atoms with Crippen LogP contribution >= 0.6 is 0 Å². The molecule has 2 N–H and O–H groups in total. The van der Waals surface area contributed by atoms with E-state index in [-0.39, 0.29) is 24.7 Å². The predicted molar refractivity (Wildman–Crippen MR) is 103 cm³/mol. The predicted octanol–water partition coefficient (Wildman–Crippen LogP) is 3.17. The fourth-order valence-electron chi connectivity index (χ4n) is 4.45. The standard InChI is InChI=1S/C20H37N3O3/c1-6-23(13-18(24)25)17-11-15(12-17)21-19(26)22(5)16-9-7-14(8-10-16)20(2,3)4/h14-17H,6-13H2,1-5H3,(H,21,26)(H,24,25). The molecular formula is C20H37N3O3. The highest BCUT2D eigenvalue weighted by molar-refractivity contribution is 5.74. The molecular weight excluding hydrogens is 330 g/mol. The lowest BCUT2D eigenvalue weighted by Crippen LogP contribution is -2.57. The smallest absolute Gasteiger partial charge is 0.317 e. The van der Waals surface area contributed by atoms with Crippen molar-refractivity contribution >= 4 is 12.0 Å². The van der Waals surface area contributed by atoms with Gasteiger partial charge >= 0.3 is 12.0 Å². The van der Waals surface area contributed by atoms with Crippen molar-refractivity contribution in [2.24, 2.45) is 11.3 Å². The van der Waals surface area contributed by atoms with E-state index < -0.39 is 5.97 Å². The normalized spacial score (nSPS) is 29.2. The summed E-state index contributed by atoms with van der Waals surface area (Å²) in [4.78, 5) is 27.3. The number of nitrogens with one attached hydrogen (secondary N) is 1. The quantitative estimate of drug-likeness (QED) is 0.756. The van der Waals surface area contributed by atoms with Crippen LogP contribution in [0, 0.1) is 11.3 Å². The van der Waals surface area contributed by atoms with Crippen LogP contribution in [0.3, 0.4) is 0 Å². The van der Waals surface area contributed by atoms with Crippen molar-refractivity contribution in [3.8, 4) is 0 Å². The van der Waals surface area contributed by atoms with Crippen molar-refractivity contribution < 1.29 is 14.7 Å². The fourth-order valence-corrected chi connectivity index (χ4v) is 4.45. The number of likely N-dealkylation sites (N-methyl/N-ethyl adjacent to an activating group) is 1. The lowest BCUT2D eigenvalue weighted by atomic mass is 9.71. The second-order valence-corrected chi connectivity index (χ2v) is 9.21. The minimum absolute atomic E-state index is 0.0222. The Kier molecular flexibility index (Phi) is 6.94. The van der Waals surface area contributed by atoms with Crippen molar-refractivity contribution in [2.75, 3.05) is 20.1 Å². The van der Waals surface area contributed by atoms with Gasteiger partial charge in [-0.25, -0.2) is 4.79 Å². The summed E-state index contributed by atoms with van der Waals surface area (Å²) in [7, 11) is 1.91. The number of nitrogens with zero attached hydrogens (tertiary/aromatic N) is 2. The minimum Gasteiger partial charge on any atom is -0.480 e. The number of hydrogen-bond acceptors (Lipinski definition) is 3. The molecule has 2 aliphatic carbocycles. The van der Waals surface area contributed by atoms with E-state index in [1.807, 2.05) is 23.8 Å². The van der Waals surface area contributed by atoms with Crippen LogP contribution in [0.25, 0.3) is 0 Å². The van der Waals surface area contributed by atoms with Crippen molar-refractivity contribution in [1.82, 2.24) is 15.1 Å². The van der Waals surface area contributed by atoms with Crippen LogP contribution in [-0.4, -0.2) is 65.2 Å². The molecule has 2 fully saturated rings. The molecule has 2 amide bonds. The van der Waals surface area contributed by atoms with E-state index >= 15 is 0 Å². The van der Waals surface area contributed by atoms with Crippen molar-refractivity contribution in [2.45, 2.75) is 84.3 Å². The van der Waals surface area contributed by atoms with E-state index in [4.69, 9.17) is 5.11 Å². The first-order valence-electron chi connectivity index (χ1n) is 10.1. The molecule has 0 aromatic carbocycles. The molecule has 0 aliphatic heterocycles. The summed E-state index contributed by atoms with van der Waals surface area (Å²) in [6.45, 7) is 9.73. The second kappa shape index (κ2) is 8.59. The SMILES string of the molecule is CCN(CC(=O)O)C1CC(NC(=O)N(C)C2CCC(C(C)(C)C)CC2)C1. The number of amides is 2. The Bertz CT molecular complexity index is 489. The summed E-state index contributed by atoms with van der Waals surface area (Å²) < 4.78 is 0. The average Bonchev–Trinajstić information content (AvgIpc) is 2.54. The first-order chi connectivity index (χ1) is 12.1. The van der Waals surface area contributed by atoms with Gasteiger partial charge in [-0.05, 0) is 56.4 Å². The highest BCUT2D eigenvalue weighted by Gasteiger charge is 2.37. The van der Waals surface area contributed by atoms with Gasteiger partial charge in [0.15, 0.2) is 0 Å². The number of hydrogen-bond donors (Lipinski definition) is 2. The van der Waals surface area contributed by atoms with E-state index in [1.54, 1.807) is 0 Å². The van der Waals surface area contributed by atoms with Gasteiger partial charge in [0.25, 0.3) is 0 Å². The maximum atomic E-state index is 12.6. The molecule has 0 unspecified atom stereocenters. The Morgan fingerprint density at radius 3 is 2.12 bits per heavy atom. The van der Waals surface area contributed by atoms with Crippen molar-refractivity contribution in [1.29, 1.82) is 0 Å². The second-order valence-electron chi connectivity index (χ2n) is 9.21. The molecule has 6 heteroatoms. The lowest BCUT2D eigenvalue weighted by molar-refractivity contribution is -0.139. The fraction of sp³-hybridized carbons (Fsp3) is 0.900. The first kappa shape index (κ1) is 21.0. The number of carbonyl (C=O) groups is 2. The van der Waals surface area contributed by atoms with Gasteiger partial charge in [0.05, 0.1) is 6.54 Å². The van der Waals surface area contributed by atoms with Gasteiger partial charge in [0.2, 0.25) is 0 Å². The zero-order valence-electron chi connectivity index (χ0n) is 17.1.